The van der Waals surface area contributed by atoms with E-state index >= 15 is 0 Å². The summed E-state index contributed by atoms with van der Waals surface area (Å²) in [7, 11) is 0. The number of hydrogen-bond donors (Lipinski definition) is 4. The second-order valence-electron chi connectivity index (χ2n) is 4.90. The summed E-state index contributed by atoms with van der Waals surface area (Å²) >= 11 is 3.43. The molecule has 104 valence electrons. The highest BCUT2D eigenvalue weighted by molar-refractivity contribution is 9.10. The van der Waals surface area contributed by atoms with Gasteiger partial charge in [-0.3, -0.25) is 5.43 Å². The van der Waals surface area contributed by atoms with Gasteiger partial charge in [0, 0.05) is 28.6 Å². The van der Waals surface area contributed by atoms with Crippen LogP contribution in [0.15, 0.2) is 46.9 Å². The summed E-state index contributed by atoms with van der Waals surface area (Å²) in [6.45, 7) is 0.784. The highest BCUT2D eigenvalue weighted by Gasteiger charge is 2.31. The number of hydrazine groups is 1. The van der Waals surface area contributed by atoms with Crippen molar-refractivity contribution in [3.8, 4) is 11.5 Å². The molecule has 0 radical (unpaired) electrons. The van der Waals surface area contributed by atoms with Crippen molar-refractivity contribution in [2.24, 2.45) is 0 Å². The molecule has 5 heteroatoms. The van der Waals surface area contributed by atoms with Crippen molar-refractivity contribution >= 4 is 15.9 Å². The van der Waals surface area contributed by atoms with Gasteiger partial charge in [-0.2, -0.15) is 0 Å². The molecule has 2 aromatic rings. The monoisotopic (exact) mass is 334 g/mol. The molecule has 2 aromatic carbocycles. The Labute approximate surface area is 125 Å². The van der Waals surface area contributed by atoms with Gasteiger partial charge in [0.25, 0.3) is 0 Å². The van der Waals surface area contributed by atoms with Crippen molar-refractivity contribution in [1.29, 1.82) is 0 Å². The van der Waals surface area contributed by atoms with Gasteiger partial charge in [0.1, 0.15) is 11.5 Å². The summed E-state index contributed by atoms with van der Waals surface area (Å²) in [4.78, 5) is 0. The average Bonchev–Trinajstić information content (AvgIpc) is 2.88. The summed E-state index contributed by atoms with van der Waals surface area (Å²) < 4.78 is 1.05. The van der Waals surface area contributed by atoms with E-state index in [1.807, 2.05) is 12.1 Å². The first-order chi connectivity index (χ1) is 9.65. The summed E-state index contributed by atoms with van der Waals surface area (Å²) in [6.07, 6.45) is 0. The third-order valence-electron chi connectivity index (χ3n) is 3.63. The smallest absolute Gasteiger partial charge is 0.124 e. The van der Waals surface area contributed by atoms with Crippen molar-refractivity contribution in [2.45, 2.75) is 12.0 Å². The van der Waals surface area contributed by atoms with Crippen LogP contribution < -0.4 is 10.9 Å². The molecule has 2 atom stereocenters. The fourth-order valence-electron chi connectivity index (χ4n) is 2.61. The Balaban J connectivity index is 1.94. The first kappa shape index (κ1) is 13.4. The van der Waals surface area contributed by atoms with Gasteiger partial charge in [-0.25, -0.2) is 5.43 Å². The van der Waals surface area contributed by atoms with Crippen LogP contribution in [0.3, 0.4) is 0 Å². The molecule has 20 heavy (non-hydrogen) atoms. The standard InChI is InChI=1S/C15H15BrN2O2/c16-10-3-1-9(2-4-10)13-8-17-18-15(13)12-6-5-11(19)7-14(12)20/h1-7,13,15,17-20H,8H2. The third-order valence-corrected chi connectivity index (χ3v) is 4.16. The van der Waals surface area contributed by atoms with Crippen LogP contribution in [0, 0.1) is 0 Å². The van der Waals surface area contributed by atoms with Crippen LogP contribution in [0.4, 0.5) is 0 Å². The van der Waals surface area contributed by atoms with Crippen LogP contribution in [0.1, 0.15) is 23.1 Å². The fourth-order valence-corrected chi connectivity index (χ4v) is 2.87. The van der Waals surface area contributed by atoms with Crippen LogP contribution in [0.5, 0.6) is 11.5 Å². The molecule has 0 saturated carbocycles. The molecule has 0 bridgehead atoms. The van der Waals surface area contributed by atoms with Crippen LogP contribution in [0.2, 0.25) is 0 Å². The molecule has 3 rings (SSSR count). The predicted octanol–water partition coefficient (Wildman–Crippen LogP) is 2.79. The van der Waals surface area contributed by atoms with E-state index in [2.05, 4.69) is 38.9 Å². The lowest BCUT2D eigenvalue weighted by Crippen LogP contribution is -2.24. The van der Waals surface area contributed by atoms with E-state index in [0.717, 1.165) is 16.6 Å². The minimum atomic E-state index is -0.0308. The Bertz CT molecular complexity index is 616. The van der Waals surface area contributed by atoms with Crippen molar-refractivity contribution in [3.05, 3.63) is 58.1 Å². The van der Waals surface area contributed by atoms with Gasteiger partial charge in [0.15, 0.2) is 0 Å². The van der Waals surface area contributed by atoms with Gasteiger partial charge >= 0.3 is 0 Å². The normalized spacial score (nSPS) is 22.1. The number of aromatic hydroxyl groups is 2. The van der Waals surface area contributed by atoms with E-state index in [1.165, 1.54) is 11.6 Å². The molecule has 2 unspecified atom stereocenters. The van der Waals surface area contributed by atoms with Crippen molar-refractivity contribution < 1.29 is 10.2 Å². The lowest BCUT2D eigenvalue weighted by molar-refractivity contribution is 0.432. The highest BCUT2D eigenvalue weighted by Crippen LogP contribution is 2.38. The van der Waals surface area contributed by atoms with Gasteiger partial charge in [0.05, 0.1) is 6.04 Å². The number of rotatable bonds is 2. The van der Waals surface area contributed by atoms with Crippen molar-refractivity contribution in [3.63, 3.8) is 0 Å². The summed E-state index contributed by atoms with van der Waals surface area (Å²) in [5.41, 5.74) is 8.31. The molecule has 0 spiro atoms. The predicted molar refractivity (Wildman–Crippen MR) is 80.5 cm³/mol. The quantitative estimate of drug-likeness (QED) is 0.682. The van der Waals surface area contributed by atoms with E-state index in [-0.39, 0.29) is 23.5 Å². The maximum absolute atomic E-state index is 10.0. The van der Waals surface area contributed by atoms with Crippen LogP contribution in [-0.2, 0) is 0 Å². The Morgan fingerprint density at radius 2 is 1.80 bits per heavy atom. The van der Waals surface area contributed by atoms with Crippen LogP contribution in [-0.4, -0.2) is 16.8 Å². The van der Waals surface area contributed by atoms with Gasteiger partial charge in [0.2, 0.25) is 0 Å². The van der Waals surface area contributed by atoms with E-state index in [0.29, 0.717) is 0 Å². The van der Waals surface area contributed by atoms with Gasteiger partial charge in [-0.05, 0) is 23.8 Å². The first-order valence-corrected chi connectivity index (χ1v) is 7.20. The molecule has 4 nitrogen and oxygen atoms in total. The topological polar surface area (TPSA) is 64.5 Å². The number of benzene rings is 2. The minimum Gasteiger partial charge on any atom is -0.508 e. The molecule has 0 aliphatic carbocycles. The van der Waals surface area contributed by atoms with Crippen molar-refractivity contribution in [2.75, 3.05) is 6.54 Å². The Hall–Kier alpha value is -1.56. The van der Waals surface area contributed by atoms with E-state index in [4.69, 9.17) is 0 Å². The third kappa shape index (κ3) is 2.52. The maximum Gasteiger partial charge on any atom is 0.124 e. The Morgan fingerprint density at radius 3 is 2.50 bits per heavy atom. The molecular formula is C15H15BrN2O2. The second-order valence-corrected chi connectivity index (χ2v) is 5.82. The van der Waals surface area contributed by atoms with Gasteiger partial charge in [-0.15, -0.1) is 0 Å². The van der Waals surface area contributed by atoms with Crippen LogP contribution >= 0.6 is 15.9 Å². The molecule has 1 saturated heterocycles. The molecule has 1 aliphatic heterocycles. The van der Waals surface area contributed by atoms with Gasteiger partial charge in [-0.1, -0.05) is 34.1 Å². The zero-order chi connectivity index (χ0) is 14.1. The zero-order valence-corrected chi connectivity index (χ0v) is 12.3. The fraction of sp³-hybridized carbons (Fsp3) is 0.200. The molecule has 0 aromatic heterocycles. The highest BCUT2D eigenvalue weighted by atomic mass is 79.9. The second kappa shape index (κ2) is 5.44. The molecule has 1 aliphatic rings. The molecule has 1 fully saturated rings. The number of phenolic OH excluding ortho intramolecular Hbond substituents is 2. The summed E-state index contributed by atoms with van der Waals surface area (Å²) in [5, 5.41) is 19.4. The van der Waals surface area contributed by atoms with E-state index in [1.54, 1.807) is 12.1 Å². The van der Waals surface area contributed by atoms with Gasteiger partial charge < -0.3 is 10.2 Å². The van der Waals surface area contributed by atoms with Crippen molar-refractivity contribution in [1.82, 2.24) is 10.9 Å². The number of phenols is 2. The lowest BCUT2D eigenvalue weighted by Gasteiger charge is -2.20. The van der Waals surface area contributed by atoms with Crippen LogP contribution in [0.25, 0.3) is 0 Å². The zero-order valence-electron chi connectivity index (χ0n) is 10.7. The SMILES string of the molecule is Oc1ccc(C2NNCC2c2ccc(Br)cc2)c(O)c1. The largest absolute Gasteiger partial charge is 0.508 e. The maximum atomic E-state index is 10.0. The lowest BCUT2D eigenvalue weighted by atomic mass is 9.88. The average molecular weight is 335 g/mol. The molecular weight excluding hydrogens is 320 g/mol. The number of hydrogen-bond acceptors (Lipinski definition) is 4. The van der Waals surface area contributed by atoms with E-state index in [9.17, 15) is 10.2 Å². The Kier molecular flexibility index (Phi) is 3.65. The minimum absolute atomic E-state index is 0.0308. The summed E-state index contributed by atoms with van der Waals surface area (Å²) in [5.74, 6) is 0.393. The molecule has 0 amide bonds. The number of nitrogens with one attached hydrogen (secondary N) is 2. The first-order valence-electron chi connectivity index (χ1n) is 6.41. The van der Waals surface area contributed by atoms with E-state index < -0.39 is 0 Å². The Morgan fingerprint density at radius 1 is 1.05 bits per heavy atom. The molecule has 4 N–H and O–H groups in total. The molecule has 1 heterocycles. The summed E-state index contributed by atoms with van der Waals surface area (Å²) in [6, 6.07) is 12.9. The number of halogens is 1.